The predicted molar refractivity (Wildman–Crippen MR) is 117 cm³/mol. The van der Waals surface area contributed by atoms with E-state index < -0.39 is 17.4 Å². The Hall–Kier alpha value is -2.29. The maximum atomic E-state index is 15.2. The monoisotopic (exact) mass is 502 g/mol. The van der Waals surface area contributed by atoms with E-state index in [-0.39, 0.29) is 40.3 Å². The number of benzene rings is 2. The SMILES string of the molecule is CCCC(=O)N1CC(F)(c2ccc(C3=CC(c4cc(Cl)cc(Cl)c4)(C(F)(F)F)ON3)cc2)C1. The fourth-order valence-corrected chi connectivity index (χ4v) is 4.52. The molecule has 2 aliphatic heterocycles. The zero-order valence-electron chi connectivity index (χ0n) is 17.5. The molecule has 1 atom stereocenters. The number of nitrogens with one attached hydrogen (secondary N) is 1. The van der Waals surface area contributed by atoms with Crippen LogP contribution < -0.4 is 5.48 Å². The number of alkyl halides is 4. The van der Waals surface area contributed by atoms with Crippen molar-refractivity contribution in [3.05, 3.63) is 75.3 Å². The first-order valence-corrected chi connectivity index (χ1v) is 11.0. The Balaban J connectivity index is 1.59. The number of carbonyl (C=O) groups is 1. The Morgan fingerprint density at radius 2 is 1.70 bits per heavy atom. The third-order valence-electron chi connectivity index (χ3n) is 5.79. The molecule has 1 fully saturated rings. The van der Waals surface area contributed by atoms with Gasteiger partial charge in [0, 0.05) is 22.0 Å². The van der Waals surface area contributed by atoms with E-state index in [2.05, 4.69) is 5.48 Å². The molecule has 4 rings (SSSR count). The molecule has 4 nitrogen and oxygen atoms in total. The van der Waals surface area contributed by atoms with Crippen LogP contribution in [0, 0.1) is 0 Å². The first-order valence-electron chi connectivity index (χ1n) is 10.3. The number of hydrogen-bond donors (Lipinski definition) is 1. The molecule has 2 aromatic rings. The molecule has 0 radical (unpaired) electrons. The van der Waals surface area contributed by atoms with Gasteiger partial charge in [-0.1, -0.05) is 54.4 Å². The Morgan fingerprint density at radius 1 is 1.09 bits per heavy atom. The van der Waals surface area contributed by atoms with Gasteiger partial charge in [0.2, 0.25) is 11.5 Å². The van der Waals surface area contributed by atoms with Crippen molar-refractivity contribution in [1.82, 2.24) is 10.4 Å². The van der Waals surface area contributed by atoms with Crippen LogP contribution in [0.1, 0.15) is 36.5 Å². The minimum atomic E-state index is -4.82. The average Bonchev–Trinajstić information content (AvgIpc) is 3.18. The summed E-state index contributed by atoms with van der Waals surface area (Å²) in [5.41, 5.74) is -1.62. The van der Waals surface area contributed by atoms with E-state index in [4.69, 9.17) is 28.0 Å². The van der Waals surface area contributed by atoms with Gasteiger partial charge in [0.1, 0.15) is 0 Å². The minimum absolute atomic E-state index is 0.0381. The van der Waals surface area contributed by atoms with Gasteiger partial charge in [0.25, 0.3) is 0 Å². The molecule has 0 spiro atoms. The van der Waals surface area contributed by atoms with Gasteiger partial charge < -0.3 is 4.90 Å². The third-order valence-corrected chi connectivity index (χ3v) is 6.23. The highest BCUT2D eigenvalue weighted by Gasteiger charge is 2.59. The molecule has 1 N–H and O–H groups in total. The predicted octanol–water partition coefficient (Wildman–Crippen LogP) is 6.13. The average molecular weight is 503 g/mol. The van der Waals surface area contributed by atoms with Gasteiger partial charge in [-0.3, -0.25) is 15.1 Å². The summed E-state index contributed by atoms with van der Waals surface area (Å²) in [6.45, 7) is 1.80. The van der Waals surface area contributed by atoms with Crippen molar-refractivity contribution in [2.24, 2.45) is 0 Å². The Kier molecular flexibility index (Phi) is 6.14. The van der Waals surface area contributed by atoms with Crippen molar-refractivity contribution in [3.8, 4) is 0 Å². The van der Waals surface area contributed by atoms with E-state index in [9.17, 15) is 18.0 Å². The summed E-state index contributed by atoms with van der Waals surface area (Å²) in [6, 6.07) is 9.62. The summed E-state index contributed by atoms with van der Waals surface area (Å²) in [6.07, 6.45) is -2.86. The first kappa shape index (κ1) is 23.9. The van der Waals surface area contributed by atoms with Crippen molar-refractivity contribution >= 4 is 34.8 Å². The van der Waals surface area contributed by atoms with Crippen molar-refractivity contribution in [2.75, 3.05) is 13.1 Å². The second-order valence-corrected chi connectivity index (χ2v) is 9.07. The summed E-state index contributed by atoms with van der Waals surface area (Å²) in [5.74, 6) is -0.0931. The normalized spacial score (nSPS) is 21.9. The Bertz CT molecular complexity index is 1080. The van der Waals surface area contributed by atoms with Crippen LogP contribution in [0.3, 0.4) is 0 Å². The van der Waals surface area contributed by atoms with Crippen LogP contribution in [-0.4, -0.2) is 30.1 Å². The lowest BCUT2D eigenvalue weighted by molar-refractivity contribution is -0.269. The molecule has 1 unspecified atom stereocenters. The zero-order valence-corrected chi connectivity index (χ0v) is 19.0. The molecular formula is C23H20Cl2F4N2O2. The molecule has 0 bridgehead atoms. The number of nitrogens with zero attached hydrogens (tertiary/aromatic N) is 1. The van der Waals surface area contributed by atoms with Crippen LogP contribution in [0.2, 0.25) is 10.0 Å². The largest absolute Gasteiger partial charge is 0.428 e. The van der Waals surface area contributed by atoms with Crippen molar-refractivity contribution in [1.29, 1.82) is 0 Å². The fraction of sp³-hybridized carbons (Fsp3) is 0.348. The van der Waals surface area contributed by atoms with E-state index in [1.807, 2.05) is 6.92 Å². The fourth-order valence-electron chi connectivity index (χ4n) is 3.99. The molecule has 1 saturated heterocycles. The lowest BCUT2D eigenvalue weighted by Crippen LogP contribution is -2.58. The molecule has 10 heteroatoms. The summed E-state index contributed by atoms with van der Waals surface area (Å²) < 4.78 is 57.5. The number of hydroxylamine groups is 1. The van der Waals surface area contributed by atoms with Crippen LogP contribution >= 0.6 is 23.2 Å². The lowest BCUT2D eigenvalue weighted by Gasteiger charge is -2.44. The van der Waals surface area contributed by atoms with Crippen LogP contribution in [-0.2, 0) is 20.9 Å². The smallest absolute Gasteiger partial charge is 0.335 e. The summed E-state index contributed by atoms with van der Waals surface area (Å²) in [7, 11) is 0. The number of amides is 1. The van der Waals surface area contributed by atoms with Crippen molar-refractivity contribution < 1.29 is 27.2 Å². The van der Waals surface area contributed by atoms with Crippen LogP contribution in [0.25, 0.3) is 5.70 Å². The molecule has 0 saturated carbocycles. The molecule has 33 heavy (non-hydrogen) atoms. The van der Waals surface area contributed by atoms with Crippen LogP contribution in [0.4, 0.5) is 17.6 Å². The van der Waals surface area contributed by atoms with E-state index in [0.29, 0.717) is 24.0 Å². The highest BCUT2D eigenvalue weighted by molar-refractivity contribution is 6.34. The highest BCUT2D eigenvalue weighted by Crippen LogP contribution is 2.48. The quantitative estimate of drug-likeness (QED) is 0.499. The van der Waals surface area contributed by atoms with Gasteiger partial charge in [-0.15, -0.1) is 0 Å². The van der Waals surface area contributed by atoms with E-state index in [1.165, 1.54) is 35.2 Å². The molecule has 0 aromatic heterocycles. The summed E-state index contributed by atoms with van der Waals surface area (Å²) >= 11 is 11.8. The van der Waals surface area contributed by atoms with Gasteiger partial charge in [-0.05, 0) is 41.8 Å². The molecule has 0 aliphatic carbocycles. The lowest BCUT2D eigenvalue weighted by atomic mass is 9.86. The van der Waals surface area contributed by atoms with Crippen LogP contribution in [0.15, 0.2) is 48.5 Å². The molecule has 2 aliphatic rings. The second kappa shape index (κ2) is 8.49. The molecule has 2 aromatic carbocycles. The van der Waals surface area contributed by atoms with E-state index in [1.54, 1.807) is 0 Å². The van der Waals surface area contributed by atoms with Gasteiger partial charge >= 0.3 is 6.18 Å². The minimum Gasteiger partial charge on any atom is -0.335 e. The van der Waals surface area contributed by atoms with Gasteiger partial charge in [-0.2, -0.15) is 13.2 Å². The number of rotatable bonds is 5. The van der Waals surface area contributed by atoms with Gasteiger partial charge in [0.15, 0.2) is 5.67 Å². The molecular weight excluding hydrogens is 483 g/mol. The number of halogens is 6. The van der Waals surface area contributed by atoms with Gasteiger partial charge in [0.05, 0.1) is 18.8 Å². The highest BCUT2D eigenvalue weighted by atomic mass is 35.5. The zero-order chi connectivity index (χ0) is 24.0. The second-order valence-electron chi connectivity index (χ2n) is 8.20. The number of likely N-dealkylation sites (tertiary alicyclic amines) is 1. The Morgan fingerprint density at radius 3 is 2.24 bits per heavy atom. The Labute approximate surface area is 198 Å². The van der Waals surface area contributed by atoms with Crippen LogP contribution in [0.5, 0.6) is 0 Å². The van der Waals surface area contributed by atoms with Crippen molar-refractivity contribution in [2.45, 2.75) is 37.2 Å². The standard InChI is InChI=1S/C23H20Cl2F4N2O2/c1-2-3-20(32)31-12-21(26,13-31)15-6-4-14(5-7-15)19-11-22(33-30-19,23(27,28)29)16-8-17(24)10-18(25)9-16/h4-11,30H,2-3,12-13H2,1H3. The molecule has 176 valence electrons. The first-order chi connectivity index (χ1) is 15.5. The summed E-state index contributed by atoms with van der Waals surface area (Å²) in [4.78, 5) is 18.4. The third kappa shape index (κ3) is 4.32. The maximum Gasteiger partial charge on any atom is 0.428 e. The topological polar surface area (TPSA) is 41.6 Å². The number of carbonyl (C=O) groups excluding carboxylic acids is 1. The van der Waals surface area contributed by atoms with Crippen molar-refractivity contribution in [3.63, 3.8) is 0 Å². The molecule has 1 amide bonds. The number of hydrogen-bond acceptors (Lipinski definition) is 3. The van der Waals surface area contributed by atoms with E-state index >= 15 is 4.39 Å². The maximum absolute atomic E-state index is 15.2. The summed E-state index contributed by atoms with van der Waals surface area (Å²) in [5, 5.41) is 0.0762. The van der Waals surface area contributed by atoms with Gasteiger partial charge in [-0.25, -0.2) is 4.39 Å². The van der Waals surface area contributed by atoms with E-state index in [0.717, 1.165) is 18.2 Å². The molecule has 2 heterocycles.